The van der Waals surface area contributed by atoms with Gasteiger partial charge in [0.1, 0.15) is 0 Å². The van der Waals surface area contributed by atoms with Gasteiger partial charge in [-0.2, -0.15) is 13.2 Å². The molecular weight excluding hydrogens is 265 g/mol. The largest absolute Gasteiger partial charge is 0.425 e. The van der Waals surface area contributed by atoms with Crippen molar-refractivity contribution in [3.63, 3.8) is 0 Å². The lowest BCUT2D eigenvalue weighted by Crippen LogP contribution is -2.43. The Balaban J connectivity index is 2.74. The summed E-state index contributed by atoms with van der Waals surface area (Å²) in [6, 6.07) is 11.9. The molecule has 0 radical (unpaired) electrons. The third-order valence-electron chi connectivity index (χ3n) is 3.38. The van der Waals surface area contributed by atoms with Crippen LogP contribution in [0.3, 0.4) is 0 Å². The summed E-state index contributed by atoms with van der Waals surface area (Å²) < 4.78 is 40.6. The summed E-state index contributed by atoms with van der Waals surface area (Å²) in [5.41, 5.74) is -2.24. The molecule has 0 heterocycles. The van der Waals surface area contributed by atoms with E-state index in [0.717, 1.165) is 0 Å². The van der Waals surface area contributed by atoms with Crippen molar-refractivity contribution in [2.45, 2.75) is 25.6 Å². The number of rotatable bonds is 2. The lowest BCUT2D eigenvalue weighted by Gasteiger charge is -2.32. The fourth-order valence-electron chi connectivity index (χ4n) is 2.32. The van der Waals surface area contributed by atoms with Crippen LogP contribution in [-0.4, -0.2) is 11.3 Å². The van der Waals surface area contributed by atoms with Gasteiger partial charge in [-0.15, -0.1) is 0 Å². The fourth-order valence-corrected chi connectivity index (χ4v) is 2.32. The SMILES string of the molecule is Cc1cccc(C(O)(c2ccccc2C)C(F)(F)F)c1. The first-order valence-electron chi connectivity index (χ1n) is 6.19. The predicted octanol–water partition coefficient (Wildman–Crippen LogP) is 4.10. The Morgan fingerprint density at radius 1 is 0.900 bits per heavy atom. The van der Waals surface area contributed by atoms with E-state index in [1.165, 1.54) is 30.3 Å². The van der Waals surface area contributed by atoms with Gasteiger partial charge in [0.15, 0.2) is 0 Å². The van der Waals surface area contributed by atoms with Crippen LogP contribution in [0.25, 0.3) is 0 Å². The van der Waals surface area contributed by atoms with Gasteiger partial charge in [-0.25, -0.2) is 0 Å². The van der Waals surface area contributed by atoms with Gasteiger partial charge in [-0.3, -0.25) is 0 Å². The maximum absolute atomic E-state index is 13.5. The van der Waals surface area contributed by atoms with E-state index in [4.69, 9.17) is 0 Å². The van der Waals surface area contributed by atoms with Gasteiger partial charge in [0.25, 0.3) is 0 Å². The fraction of sp³-hybridized carbons (Fsp3) is 0.250. The van der Waals surface area contributed by atoms with E-state index in [1.54, 1.807) is 32.0 Å². The van der Waals surface area contributed by atoms with E-state index < -0.39 is 11.8 Å². The quantitative estimate of drug-likeness (QED) is 0.878. The number of hydrogen-bond acceptors (Lipinski definition) is 1. The monoisotopic (exact) mass is 280 g/mol. The maximum Gasteiger partial charge on any atom is 0.425 e. The molecule has 106 valence electrons. The number of halogens is 3. The Bertz CT molecular complexity index is 619. The van der Waals surface area contributed by atoms with Crippen molar-refractivity contribution < 1.29 is 18.3 Å². The zero-order valence-electron chi connectivity index (χ0n) is 11.2. The second-order valence-corrected chi connectivity index (χ2v) is 4.89. The summed E-state index contributed by atoms with van der Waals surface area (Å²) in [7, 11) is 0. The van der Waals surface area contributed by atoms with Gasteiger partial charge >= 0.3 is 6.18 Å². The van der Waals surface area contributed by atoms with Crippen LogP contribution < -0.4 is 0 Å². The normalized spacial score (nSPS) is 14.9. The Hall–Kier alpha value is -1.81. The molecule has 0 bridgehead atoms. The zero-order valence-corrected chi connectivity index (χ0v) is 11.2. The molecule has 0 fully saturated rings. The molecule has 0 aliphatic carbocycles. The number of aliphatic hydroxyl groups is 1. The molecule has 0 saturated carbocycles. The van der Waals surface area contributed by atoms with E-state index in [2.05, 4.69) is 0 Å². The van der Waals surface area contributed by atoms with Crippen molar-refractivity contribution in [3.8, 4) is 0 Å². The highest BCUT2D eigenvalue weighted by Gasteiger charge is 2.56. The van der Waals surface area contributed by atoms with Crippen LogP contribution in [0, 0.1) is 13.8 Å². The summed E-state index contributed by atoms with van der Waals surface area (Å²) in [6.07, 6.45) is -4.80. The highest BCUT2D eigenvalue weighted by molar-refractivity contribution is 5.43. The van der Waals surface area contributed by atoms with Crippen LogP contribution in [0.15, 0.2) is 48.5 Å². The second kappa shape index (κ2) is 4.94. The summed E-state index contributed by atoms with van der Waals surface area (Å²) in [5, 5.41) is 10.5. The van der Waals surface area contributed by atoms with Crippen molar-refractivity contribution in [2.75, 3.05) is 0 Å². The van der Waals surface area contributed by atoms with Gasteiger partial charge < -0.3 is 5.11 Å². The summed E-state index contributed by atoms with van der Waals surface area (Å²) in [6.45, 7) is 3.25. The molecule has 1 atom stereocenters. The third-order valence-corrected chi connectivity index (χ3v) is 3.38. The first kappa shape index (κ1) is 14.6. The molecule has 1 N–H and O–H groups in total. The highest BCUT2D eigenvalue weighted by atomic mass is 19.4. The van der Waals surface area contributed by atoms with Crippen LogP contribution >= 0.6 is 0 Å². The first-order chi connectivity index (χ1) is 9.26. The molecule has 0 aliphatic rings. The first-order valence-corrected chi connectivity index (χ1v) is 6.19. The standard InChI is InChI=1S/C16H15F3O/c1-11-6-5-8-13(10-11)15(20,16(17,18)19)14-9-4-3-7-12(14)2/h3-10,20H,1-2H3. The van der Waals surface area contributed by atoms with Crippen LogP contribution in [0.4, 0.5) is 13.2 Å². The van der Waals surface area contributed by atoms with Crippen LogP contribution in [-0.2, 0) is 5.60 Å². The molecule has 2 aromatic rings. The lowest BCUT2D eigenvalue weighted by atomic mass is 9.83. The molecule has 1 unspecified atom stereocenters. The predicted molar refractivity (Wildman–Crippen MR) is 71.4 cm³/mol. The highest BCUT2D eigenvalue weighted by Crippen LogP contribution is 2.45. The van der Waals surface area contributed by atoms with Crippen LogP contribution in [0.5, 0.6) is 0 Å². The third kappa shape index (κ3) is 2.31. The minimum absolute atomic E-state index is 0.141. The summed E-state index contributed by atoms with van der Waals surface area (Å²) in [5.74, 6) is 0. The topological polar surface area (TPSA) is 20.2 Å². The number of aryl methyl sites for hydroxylation is 2. The van der Waals surface area contributed by atoms with Gasteiger partial charge in [0, 0.05) is 5.56 Å². The van der Waals surface area contributed by atoms with Crippen molar-refractivity contribution in [2.24, 2.45) is 0 Å². The smallest absolute Gasteiger partial charge is 0.372 e. The molecule has 0 saturated heterocycles. The second-order valence-electron chi connectivity index (χ2n) is 4.89. The van der Waals surface area contributed by atoms with E-state index in [9.17, 15) is 18.3 Å². The summed E-state index contributed by atoms with van der Waals surface area (Å²) >= 11 is 0. The lowest BCUT2D eigenvalue weighted by molar-refractivity contribution is -0.248. The Labute approximate surface area is 115 Å². The van der Waals surface area contributed by atoms with E-state index in [-0.39, 0.29) is 11.1 Å². The minimum atomic E-state index is -4.80. The van der Waals surface area contributed by atoms with Gasteiger partial charge in [0.05, 0.1) is 0 Å². The molecule has 0 aromatic heterocycles. The number of alkyl halides is 3. The van der Waals surface area contributed by atoms with Gasteiger partial charge in [-0.05, 0) is 25.0 Å². The van der Waals surface area contributed by atoms with Crippen molar-refractivity contribution in [1.82, 2.24) is 0 Å². The maximum atomic E-state index is 13.5. The molecular formula is C16H15F3O. The zero-order chi connectivity index (χ0) is 15.0. The molecule has 0 spiro atoms. The number of benzene rings is 2. The van der Waals surface area contributed by atoms with Crippen molar-refractivity contribution >= 4 is 0 Å². The molecule has 4 heteroatoms. The summed E-state index contributed by atoms with van der Waals surface area (Å²) in [4.78, 5) is 0. The Morgan fingerprint density at radius 2 is 1.55 bits per heavy atom. The van der Waals surface area contributed by atoms with Crippen LogP contribution in [0.1, 0.15) is 22.3 Å². The van der Waals surface area contributed by atoms with Crippen molar-refractivity contribution in [1.29, 1.82) is 0 Å². The van der Waals surface area contributed by atoms with E-state index >= 15 is 0 Å². The average molecular weight is 280 g/mol. The van der Waals surface area contributed by atoms with Gasteiger partial charge in [0.2, 0.25) is 5.60 Å². The van der Waals surface area contributed by atoms with E-state index in [1.807, 2.05) is 0 Å². The Morgan fingerprint density at radius 3 is 2.10 bits per heavy atom. The minimum Gasteiger partial charge on any atom is -0.372 e. The number of hydrogen-bond donors (Lipinski definition) is 1. The van der Waals surface area contributed by atoms with E-state index in [0.29, 0.717) is 11.1 Å². The van der Waals surface area contributed by atoms with Crippen LogP contribution in [0.2, 0.25) is 0 Å². The molecule has 2 rings (SSSR count). The van der Waals surface area contributed by atoms with Gasteiger partial charge in [-0.1, -0.05) is 54.1 Å². The molecule has 1 nitrogen and oxygen atoms in total. The molecule has 20 heavy (non-hydrogen) atoms. The molecule has 0 amide bonds. The Kier molecular flexibility index (Phi) is 3.61. The van der Waals surface area contributed by atoms with Crippen molar-refractivity contribution in [3.05, 3.63) is 70.8 Å². The molecule has 0 aliphatic heterocycles. The average Bonchev–Trinajstić information content (AvgIpc) is 2.37. The molecule has 2 aromatic carbocycles.